The average Bonchev–Trinajstić information content (AvgIpc) is 2.92. The molecule has 1 fully saturated rings. The third kappa shape index (κ3) is 3.40. The van der Waals surface area contributed by atoms with Crippen LogP contribution in [0.3, 0.4) is 0 Å². The molecule has 1 aromatic carbocycles. The van der Waals surface area contributed by atoms with E-state index in [1.54, 1.807) is 6.07 Å². The monoisotopic (exact) mass is 396 g/mol. The number of ether oxygens (including phenoxy) is 1. The van der Waals surface area contributed by atoms with Gasteiger partial charge in [0.25, 0.3) is 5.84 Å². The molecule has 3 rings (SSSR count). The predicted molar refractivity (Wildman–Crippen MR) is 97.5 cm³/mol. The molecule has 2 aliphatic rings. The van der Waals surface area contributed by atoms with Crippen molar-refractivity contribution in [2.24, 2.45) is 11.0 Å². The summed E-state index contributed by atoms with van der Waals surface area (Å²) < 4.78 is 7.72. The molecule has 5 nitrogen and oxygen atoms in total. The Morgan fingerprint density at radius 3 is 2.83 bits per heavy atom. The van der Waals surface area contributed by atoms with Crippen molar-refractivity contribution in [1.29, 1.82) is 0 Å². The van der Waals surface area contributed by atoms with E-state index in [0.29, 0.717) is 21.3 Å². The van der Waals surface area contributed by atoms with Crippen LogP contribution in [0.4, 0.5) is 0 Å². The van der Waals surface area contributed by atoms with E-state index in [4.69, 9.17) is 17.0 Å². The lowest BCUT2D eigenvalue weighted by Gasteiger charge is -2.18. The molecule has 0 spiro atoms. The van der Waals surface area contributed by atoms with Crippen molar-refractivity contribution in [3.05, 3.63) is 22.2 Å². The quantitative estimate of drug-likeness (QED) is 0.607. The summed E-state index contributed by atoms with van der Waals surface area (Å²) in [6.45, 7) is 0. The molecule has 0 amide bonds. The standard InChI is InChI=1S/C16H18BrN3O2S/c1-22-13-8-10(7-12(17)14(13)21)9-20-15(18-19-16(20)23)11-5-3-2-4-6-11/h7-9,11H,2-6H2,1H3,(H,19,23)/p+1. The van der Waals surface area contributed by atoms with Gasteiger partial charge in [-0.05, 0) is 53.1 Å². The van der Waals surface area contributed by atoms with E-state index in [1.807, 2.05) is 16.9 Å². The molecule has 1 aromatic rings. The molecule has 122 valence electrons. The van der Waals surface area contributed by atoms with Crippen molar-refractivity contribution in [3.63, 3.8) is 0 Å². The van der Waals surface area contributed by atoms with Gasteiger partial charge in [0.05, 0.1) is 23.7 Å². The number of nitrogens with one attached hydrogen (secondary N) is 1. The number of halogens is 1. The first-order valence-electron chi connectivity index (χ1n) is 7.68. The van der Waals surface area contributed by atoms with Gasteiger partial charge in [0.15, 0.2) is 11.5 Å². The summed E-state index contributed by atoms with van der Waals surface area (Å²) in [5.41, 5.74) is 3.79. The summed E-state index contributed by atoms with van der Waals surface area (Å²) in [6.07, 6.45) is 8.01. The SMILES string of the molecule is COc1cc(/C=[N+]2\C(=S)NN=C2C2CCCCC2)cc(Br)c1O. The maximum Gasteiger partial charge on any atom is 0.331 e. The summed E-state index contributed by atoms with van der Waals surface area (Å²) >= 11 is 8.73. The van der Waals surface area contributed by atoms with Crippen LogP contribution in [0.15, 0.2) is 21.7 Å². The summed E-state index contributed by atoms with van der Waals surface area (Å²) in [6, 6.07) is 3.61. The van der Waals surface area contributed by atoms with Gasteiger partial charge >= 0.3 is 5.11 Å². The zero-order chi connectivity index (χ0) is 16.4. The van der Waals surface area contributed by atoms with Gasteiger partial charge in [-0.25, -0.2) is 0 Å². The topological polar surface area (TPSA) is 56.9 Å². The van der Waals surface area contributed by atoms with Crippen LogP contribution >= 0.6 is 28.1 Å². The number of methoxy groups -OCH3 is 1. The molecule has 2 N–H and O–H groups in total. The fourth-order valence-electron chi connectivity index (χ4n) is 3.06. The molecule has 0 aromatic heterocycles. The van der Waals surface area contributed by atoms with Crippen LogP contribution < -0.4 is 10.2 Å². The Morgan fingerprint density at radius 2 is 2.13 bits per heavy atom. The highest BCUT2D eigenvalue weighted by Crippen LogP contribution is 2.35. The molecule has 23 heavy (non-hydrogen) atoms. The van der Waals surface area contributed by atoms with E-state index in [2.05, 4.69) is 26.5 Å². The van der Waals surface area contributed by atoms with Crippen LogP contribution in [-0.2, 0) is 0 Å². The van der Waals surface area contributed by atoms with Crippen LogP contribution in [0.5, 0.6) is 11.5 Å². The number of hydrogen-bond donors (Lipinski definition) is 2. The van der Waals surface area contributed by atoms with Crippen LogP contribution in [0.2, 0.25) is 0 Å². The predicted octanol–water partition coefficient (Wildman–Crippen LogP) is 3.38. The average molecular weight is 397 g/mol. The summed E-state index contributed by atoms with van der Waals surface area (Å²) in [7, 11) is 1.53. The summed E-state index contributed by atoms with van der Waals surface area (Å²) in [4.78, 5) is 0. The Hall–Kier alpha value is -1.47. The van der Waals surface area contributed by atoms with Crippen molar-refractivity contribution >= 4 is 45.3 Å². The molecular weight excluding hydrogens is 378 g/mol. The van der Waals surface area contributed by atoms with E-state index in [0.717, 1.165) is 24.2 Å². The van der Waals surface area contributed by atoms with Gasteiger partial charge in [0, 0.05) is 10.7 Å². The van der Waals surface area contributed by atoms with Gasteiger partial charge in [0.2, 0.25) is 0 Å². The molecule has 0 radical (unpaired) electrons. The smallest absolute Gasteiger partial charge is 0.331 e. The molecule has 1 heterocycles. The highest BCUT2D eigenvalue weighted by Gasteiger charge is 2.34. The lowest BCUT2D eigenvalue weighted by atomic mass is 9.88. The Bertz CT molecular complexity index is 697. The minimum atomic E-state index is 0.0907. The molecule has 7 heteroatoms. The van der Waals surface area contributed by atoms with Crippen LogP contribution in [0.1, 0.15) is 37.7 Å². The highest BCUT2D eigenvalue weighted by atomic mass is 79.9. The minimum Gasteiger partial charge on any atom is -0.503 e. The van der Waals surface area contributed by atoms with E-state index in [-0.39, 0.29) is 5.75 Å². The highest BCUT2D eigenvalue weighted by molar-refractivity contribution is 9.10. The van der Waals surface area contributed by atoms with Crippen molar-refractivity contribution in [1.82, 2.24) is 5.43 Å². The van der Waals surface area contributed by atoms with E-state index in [9.17, 15) is 5.11 Å². The van der Waals surface area contributed by atoms with Gasteiger partial charge in [-0.1, -0.05) is 19.3 Å². The number of thiocarbonyl (C=S) groups is 1. The molecule has 1 aliphatic heterocycles. The first-order chi connectivity index (χ1) is 11.1. The Balaban J connectivity index is 1.95. The number of amidine groups is 1. The fraction of sp³-hybridized carbons (Fsp3) is 0.438. The maximum absolute atomic E-state index is 9.93. The molecule has 0 saturated heterocycles. The lowest BCUT2D eigenvalue weighted by molar-refractivity contribution is -0.262. The summed E-state index contributed by atoms with van der Waals surface area (Å²) in [5, 5.41) is 14.9. The normalized spacial score (nSPS) is 20.5. The third-order valence-corrected chi connectivity index (χ3v) is 5.14. The number of phenolic OH excluding ortho intramolecular Hbond substituents is 1. The first kappa shape index (κ1) is 16.4. The van der Waals surface area contributed by atoms with Crippen LogP contribution in [-0.4, -0.2) is 34.0 Å². The Labute approximate surface area is 149 Å². The van der Waals surface area contributed by atoms with E-state index < -0.39 is 0 Å². The van der Waals surface area contributed by atoms with Crippen LogP contribution in [0, 0.1) is 5.92 Å². The zero-order valence-electron chi connectivity index (χ0n) is 12.9. The van der Waals surface area contributed by atoms with Gasteiger partial charge in [0.1, 0.15) is 0 Å². The molecule has 0 unspecified atom stereocenters. The van der Waals surface area contributed by atoms with E-state index >= 15 is 0 Å². The molecule has 0 atom stereocenters. The van der Waals surface area contributed by atoms with Crippen LogP contribution in [0.25, 0.3) is 0 Å². The fourth-order valence-corrected chi connectivity index (χ4v) is 3.71. The molecule has 1 saturated carbocycles. The second-order valence-corrected chi connectivity index (χ2v) is 7.02. The van der Waals surface area contributed by atoms with Crippen molar-refractivity contribution in [2.45, 2.75) is 32.1 Å². The van der Waals surface area contributed by atoms with Crippen molar-refractivity contribution < 1.29 is 14.4 Å². The first-order valence-corrected chi connectivity index (χ1v) is 8.88. The number of phenols is 1. The lowest BCUT2D eigenvalue weighted by Crippen LogP contribution is -2.31. The Morgan fingerprint density at radius 1 is 1.39 bits per heavy atom. The van der Waals surface area contributed by atoms with Gasteiger partial charge in [-0.3, -0.25) is 0 Å². The maximum atomic E-state index is 9.93. The van der Waals surface area contributed by atoms with Gasteiger partial charge in [-0.15, -0.1) is 5.43 Å². The number of benzene rings is 1. The summed E-state index contributed by atoms with van der Waals surface area (Å²) in [5.74, 6) is 1.93. The van der Waals surface area contributed by atoms with E-state index in [1.165, 1.54) is 26.4 Å². The number of rotatable bonds is 3. The largest absolute Gasteiger partial charge is 0.503 e. The number of nitrogens with zero attached hydrogens (tertiary/aromatic N) is 2. The second-order valence-electron chi connectivity index (χ2n) is 5.77. The third-order valence-electron chi connectivity index (χ3n) is 4.25. The van der Waals surface area contributed by atoms with Gasteiger partial charge in [-0.2, -0.15) is 4.58 Å². The molecular formula is C16H19BrN3O2S+. The molecule has 0 bridgehead atoms. The zero-order valence-corrected chi connectivity index (χ0v) is 15.3. The number of hydrogen-bond acceptors (Lipinski definition) is 4. The Kier molecular flexibility index (Phi) is 4.96. The van der Waals surface area contributed by atoms with Crippen molar-refractivity contribution in [3.8, 4) is 11.5 Å². The van der Waals surface area contributed by atoms with Gasteiger partial charge < -0.3 is 9.84 Å². The minimum absolute atomic E-state index is 0.0907. The molecule has 1 aliphatic carbocycles. The van der Waals surface area contributed by atoms with Crippen molar-refractivity contribution in [2.75, 3.05) is 7.11 Å². The number of hydrazone groups is 1. The second kappa shape index (κ2) is 6.97. The number of aromatic hydroxyl groups is 1.